The van der Waals surface area contributed by atoms with Crippen LogP contribution in [-0.2, 0) is 6.61 Å². The average molecular weight is 364 g/mol. The minimum Gasteiger partial charge on any atom is -0.488 e. The van der Waals surface area contributed by atoms with Gasteiger partial charge in [-0.2, -0.15) is 0 Å². The highest BCUT2D eigenvalue weighted by Crippen LogP contribution is 2.42. The Morgan fingerprint density at radius 1 is 1.16 bits per heavy atom. The van der Waals surface area contributed by atoms with Crippen molar-refractivity contribution in [3.8, 4) is 5.75 Å². The van der Waals surface area contributed by atoms with E-state index in [4.69, 9.17) is 4.74 Å². The number of halogens is 1. The maximum absolute atomic E-state index is 6.01. The Kier molecular flexibility index (Phi) is 3.78. The van der Waals surface area contributed by atoms with Gasteiger partial charge in [-0.1, -0.05) is 36.4 Å². The van der Waals surface area contributed by atoms with Crippen LogP contribution in [0.25, 0.3) is 0 Å². The standard InChI is InChI=1S/C17H17IO/c1-12-9-15(14-7-8-14)10-16(17(12)18)19-11-13-5-3-2-4-6-13/h2-6,9-10,14H,7-8,11H2,1H3. The van der Waals surface area contributed by atoms with Gasteiger partial charge in [0, 0.05) is 0 Å². The monoisotopic (exact) mass is 364 g/mol. The molecule has 0 bridgehead atoms. The predicted molar refractivity (Wildman–Crippen MR) is 86.6 cm³/mol. The fourth-order valence-electron chi connectivity index (χ4n) is 2.26. The number of aryl methyl sites for hydroxylation is 1. The zero-order chi connectivity index (χ0) is 13.2. The van der Waals surface area contributed by atoms with Crippen molar-refractivity contribution in [2.75, 3.05) is 0 Å². The summed E-state index contributed by atoms with van der Waals surface area (Å²) in [6, 6.07) is 14.9. The van der Waals surface area contributed by atoms with Crippen molar-refractivity contribution in [3.63, 3.8) is 0 Å². The Balaban J connectivity index is 1.79. The van der Waals surface area contributed by atoms with Crippen LogP contribution in [0.2, 0.25) is 0 Å². The lowest BCUT2D eigenvalue weighted by molar-refractivity contribution is 0.303. The van der Waals surface area contributed by atoms with E-state index in [1.807, 2.05) is 6.07 Å². The Labute approximate surface area is 128 Å². The largest absolute Gasteiger partial charge is 0.488 e. The zero-order valence-electron chi connectivity index (χ0n) is 11.0. The van der Waals surface area contributed by atoms with Crippen molar-refractivity contribution in [1.29, 1.82) is 0 Å². The molecule has 0 heterocycles. The molecular weight excluding hydrogens is 347 g/mol. The van der Waals surface area contributed by atoms with Crippen molar-refractivity contribution >= 4 is 22.6 Å². The molecule has 1 fully saturated rings. The molecular formula is C17H17IO. The van der Waals surface area contributed by atoms with Gasteiger partial charge < -0.3 is 4.74 Å². The van der Waals surface area contributed by atoms with E-state index >= 15 is 0 Å². The molecule has 2 heteroatoms. The molecule has 1 nitrogen and oxygen atoms in total. The number of benzene rings is 2. The van der Waals surface area contributed by atoms with E-state index in [9.17, 15) is 0 Å². The van der Waals surface area contributed by atoms with Crippen molar-refractivity contribution < 1.29 is 4.74 Å². The Morgan fingerprint density at radius 3 is 2.58 bits per heavy atom. The van der Waals surface area contributed by atoms with Gasteiger partial charge in [-0.3, -0.25) is 0 Å². The Bertz CT molecular complexity index is 573. The second-order valence-electron chi connectivity index (χ2n) is 5.20. The van der Waals surface area contributed by atoms with Crippen molar-refractivity contribution in [2.45, 2.75) is 32.3 Å². The summed E-state index contributed by atoms with van der Waals surface area (Å²) in [4.78, 5) is 0. The van der Waals surface area contributed by atoms with Gasteiger partial charge in [0.15, 0.2) is 0 Å². The van der Waals surface area contributed by atoms with Crippen LogP contribution in [0.3, 0.4) is 0 Å². The second-order valence-corrected chi connectivity index (χ2v) is 6.28. The molecule has 0 spiro atoms. The van der Waals surface area contributed by atoms with E-state index in [1.54, 1.807) is 0 Å². The van der Waals surface area contributed by atoms with E-state index in [1.165, 1.54) is 33.1 Å². The highest BCUT2D eigenvalue weighted by Gasteiger charge is 2.25. The van der Waals surface area contributed by atoms with Crippen molar-refractivity contribution in [3.05, 3.63) is 62.7 Å². The SMILES string of the molecule is Cc1cc(C2CC2)cc(OCc2ccccc2)c1I. The summed E-state index contributed by atoms with van der Waals surface area (Å²) in [5.74, 6) is 1.81. The quantitative estimate of drug-likeness (QED) is 0.690. The summed E-state index contributed by atoms with van der Waals surface area (Å²) in [5.41, 5.74) is 3.99. The van der Waals surface area contributed by atoms with Crippen LogP contribution < -0.4 is 4.74 Å². The van der Waals surface area contributed by atoms with Gasteiger partial charge in [0.25, 0.3) is 0 Å². The Morgan fingerprint density at radius 2 is 1.89 bits per heavy atom. The van der Waals surface area contributed by atoms with Gasteiger partial charge in [-0.25, -0.2) is 0 Å². The molecule has 0 atom stereocenters. The molecule has 3 rings (SSSR count). The first-order valence-electron chi connectivity index (χ1n) is 6.71. The first kappa shape index (κ1) is 13.0. The van der Waals surface area contributed by atoms with Crippen LogP contribution in [0, 0.1) is 10.5 Å². The van der Waals surface area contributed by atoms with Gasteiger partial charge >= 0.3 is 0 Å². The fraction of sp³-hybridized carbons (Fsp3) is 0.294. The summed E-state index contributed by atoms with van der Waals surface area (Å²) in [6.45, 7) is 2.81. The molecule has 1 aliphatic rings. The molecule has 0 amide bonds. The van der Waals surface area contributed by atoms with Gasteiger partial charge in [-0.05, 0) is 71.0 Å². The van der Waals surface area contributed by atoms with Gasteiger partial charge in [0.2, 0.25) is 0 Å². The summed E-state index contributed by atoms with van der Waals surface area (Å²) in [5, 5.41) is 0. The number of ether oxygens (including phenoxy) is 1. The molecule has 0 unspecified atom stereocenters. The fourth-order valence-corrected chi connectivity index (χ4v) is 2.72. The molecule has 1 aliphatic carbocycles. The molecule has 1 saturated carbocycles. The van der Waals surface area contributed by atoms with Gasteiger partial charge in [-0.15, -0.1) is 0 Å². The smallest absolute Gasteiger partial charge is 0.133 e. The summed E-state index contributed by atoms with van der Waals surface area (Å²) in [6.07, 6.45) is 2.66. The lowest BCUT2D eigenvalue weighted by Crippen LogP contribution is -1.99. The first-order chi connectivity index (χ1) is 9.24. The third-order valence-electron chi connectivity index (χ3n) is 3.53. The lowest BCUT2D eigenvalue weighted by Gasteiger charge is -2.12. The summed E-state index contributed by atoms with van der Waals surface area (Å²) in [7, 11) is 0. The highest BCUT2D eigenvalue weighted by molar-refractivity contribution is 14.1. The summed E-state index contributed by atoms with van der Waals surface area (Å²) >= 11 is 2.38. The minimum atomic E-state index is 0.643. The van der Waals surface area contributed by atoms with Crippen LogP contribution in [0.4, 0.5) is 0 Å². The molecule has 2 aromatic carbocycles. The van der Waals surface area contributed by atoms with E-state index in [2.05, 4.69) is 65.9 Å². The van der Waals surface area contributed by atoms with Gasteiger partial charge in [0.1, 0.15) is 12.4 Å². The maximum Gasteiger partial charge on any atom is 0.133 e. The van der Waals surface area contributed by atoms with Crippen LogP contribution >= 0.6 is 22.6 Å². The second kappa shape index (κ2) is 5.53. The third-order valence-corrected chi connectivity index (χ3v) is 4.91. The topological polar surface area (TPSA) is 9.23 Å². The van der Waals surface area contributed by atoms with E-state index in [0.29, 0.717) is 6.61 Å². The van der Waals surface area contributed by atoms with E-state index < -0.39 is 0 Å². The van der Waals surface area contributed by atoms with Crippen LogP contribution in [0.1, 0.15) is 35.4 Å². The molecule has 2 aromatic rings. The molecule has 0 saturated heterocycles. The Hall–Kier alpha value is -1.03. The maximum atomic E-state index is 6.01. The van der Waals surface area contributed by atoms with Crippen molar-refractivity contribution in [2.24, 2.45) is 0 Å². The molecule has 0 radical (unpaired) electrons. The van der Waals surface area contributed by atoms with Crippen LogP contribution in [0.15, 0.2) is 42.5 Å². The molecule has 19 heavy (non-hydrogen) atoms. The van der Waals surface area contributed by atoms with Crippen LogP contribution in [-0.4, -0.2) is 0 Å². The third kappa shape index (κ3) is 3.11. The summed E-state index contributed by atoms with van der Waals surface area (Å²) < 4.78 is 7.25. The van der Waals surface area contributed by atoms with E-state index in [-0.39, 0.29) is 0 Å². The van der Waals surface area contributed by atoms with Crippen molar-refractivity contribution in [1.82, 2.24) is 0 Å². The highest BCUT2D eigenvalue weighted by atomic mass is 127. The molecule has 0 aromatic heterocycles. The molecule has 0 N–H and O–H groups in total. The molecule has 98 valence electrons. The average Bonchev–Trinajstić information content (AvgIpc) is 3.26. The van der Waals surface area contributed by atoms with E-state index in [0.717, 1.165) is 11.7 Å². The number of hydrogen-bond donors (Lipinski definition) is 0. The number of hydrogen-bond acceptors (Lipinski definition) is 1. The number of rotatable bonds is 4. The normalized spacial score (nSPS) is 14.4. The predicted octanol–water partition coefficient (Wildman–Crippen LogP) is 5.06. The zero-order valence-corrected chi connectivity index (χ0v) is 13.2. The molecule has 0 aliphatic heterocycles. The van der Waals surface area contributed by atoms with Gasteiger partial charge in [0.05, 0.1) is 3.57 Å². The van der Waals surface area contributed by atoms with Crippen LogP contribution in [0.5, 0.6) is 5.75 Å². The lowest BCUT2D eigenvalue weighted by atomic mass is 10.1. The minimum absolute atomic E-state index is 0.643. The first-order valence-corrected chi connectivity index (χ1v) is 7.78.